The molecule has 0 fully saturated rings. The molecule has 0 atom stereocenters. The molecule has 5 nitrogen and oxygen atoms in total. The second-order valence-corrected chi connectivity index (χ2v) is 6.23. The number of hydrogen-bond acceptors (Lipinski definition) is 3. The molecule has 106 valence electrons. The van der Waals surface area contributed by atoms with Crippen LogP contribution in [-0.2, 0) is 14.8 Å². The van der Waals surface area contributed by atoms with Crippen molar-refractivity contribution < 1.29 is 13.2 Å². The maximum absolute atomic E-state index is 11.6. The zero-order chi connectivity index (χ0) is 14.5. The van der Waals surface area contributed by atoms with Gasteiger partial charge in [0.2, 0.25) is 15.9 Å². The molecule has 0 heterocycles. The molecule has 0 bridgehead atoms. The number of nitrogens with two attached hydrogens (primary N) is 1. The Morgan fingerprint density at radius 1 is 1.32 bits per heavy atom. The Labute approximate surface area is 122 Å². The van der Waals surface area contributed by atoms with Gasteiger partial charge in [-0.05, 0) is 31.0 Å². The normalized spacial score (nSPS) is 11.3. The molecule has 0 aliphatic carbocycles. The fourth-order valence-corrected chi connectivity index (χ4v) is 2.26. The lowest BCUT2D eigenvalue weighted by molar-refractivity contribution is -0.116. The third-order valence-electron chi connectivity index (χ3n) is 2.33. The highest BCUT2D eigenvalue weighted by molar-refractivity contribution is 7.89. The average molecular weight is 325 g/mol. The number of alkyl halides is 1. The van der Waals surface area contributed by atoms with Gasteiger partial charge in [-0.25, -0.2) is 13.6 Å². The van der Waals surface area contributed by atoms with Crippen LogP contribution >= 0.6 is 23.2 Å². The summed E-state index contributed by atoms with van der Waals surface area (Å²) in [7, 11) is -3.83. The first-order valence-corrected chi connectivity index (χ1v) is 7.98. The van der Waals surface area contributed by atoms with E-state index < -0.39 is 10.0 Å². The van der Waals surface area contributed by atoms with Gasteiger partial charge in [-0.15, -0.1) is 11.6 Å². The van der Waals surface area contributed by atoms with Gasteiger partial charge in [0.1, 0.15) is 0 Å². The standard InChI is InChI=1S/C11H14Cl2N2O3S/c12-6-2-1-3-11(16)15-10-7-8(19(14,17)18)4-5-9(10)13/h4-5,7H,1-3,6H2,(H,15,16)(H2,14,17,18). The molecule has 0 radical (unpaired) electrons. The van der Waals surface area contributed by atoms with E-state index in [0.29, 0.717) is 18.7 Å². The summed E-state index contributed by atoms with van der Waals surface area (Å²) in [6.07, 6.45) is 1.68. The number of carbonyl (C=O) groups excluding carboxylic acids is 1. The van der Waals surface area contributed by atoms with Crippen LogP contribution in [0.1, 0.15) is 19.3 Å². The van der Waals surface area contributed by atoms with Gasteiger partial charge in [0.25, 0.3) is 0 Å². The van der Waals surface area contributed by atoms with E-state index in [2.05, 4.69) is 5.32 Å². The summed E-state index contributed by atoms with van der Waals surface area (Å²) in [6, 6.07) is 3.88. The molecule has 1 rings (SSSR count). The van der Waals surface area contributed by atoms with Gasteiger partial charge in [-0.2, -0.15) is 0 Å². The van der Waals surface area contributed by atoms with Crippen LogP contribution in [0.5, 0.6) is 0 Å². The number of nitrogens with one attached hydrogen (secondary N) is 1. The van der Waals surface area contributed by atoms with Crippen molar-refractivity contribution in [2.45, 2.75) is 24.2 Å². The van der Waals surface area contributed by atoms with Crippen molar-refractivity contribution in [3.05, 3.63) is 23.2 Å². The highest BCUT2D eigenvalue weighted by Gasteiger charge is 2.12. The van der Waals surface area contributed by atoms with Crippen LogP contribution in [0.2, 0.25) is 5.02 Å². The summed E-state index contributed by atoms with van der Waals surface area (Å²) in [5, 5.41) is 7.80. The molecule has 0 saturated carbocycles. The van der Waals surface area contributed by atoms with E-state index >= 15 is 0 Å². The minimum Gasteiger partial charge on any atom is -0.325 e. The van der Waals surface area contributed by atoms with Crippen molar-refractivity contribution in [2.75, 3.05) is 11.2 Å². The first-order chi connectivity index (χ1) is 8.84. The summed E-state index contributed by atoms with van der Waals surface area (Å²) in [5.41, 5.74) is 0.226. The fourth-order valence-electron chi connectivity index (χ4n) is 1.37. The molecule has 1 aromatic rings. The molecule has 19 heavy (non-hydrogen) atoms. The van der Waals surface area contributed by atoms with Crippen LogP contribution in [0.25, 0.3) is 0 Å². The lowest BCUT2D eigenvalue weighted by Crippen LogP contribution is -2.15. The third-order valence-corrected chi connectivity index (χ3v) is 3.84. The molecule has 0 unspecified atom stereocenters. The van der Waals surface area contributed by atoms with E-state index in [1.165, 1.54) is 18.2 Å². The van der Waals surface area contributed by atoms with Crippen LogP contribution < -0.4 is 10.5 Å². The number of anilines is 1. The number of amides is 1. The lowest BCUT2D eigenvalue weighted by Gasteiger charge is -2.08. The van der Waals surface area contributed by atoms with Gasteiger partial charge in [0.05, 0.1) is 15.6 Å². The first kappa shape index (κ1) is 16.2. The molecule has 0 aliphatic rings. The molecule has 0 aliphatic heterocycles. The Hall–Kier alpha value is -0.820. The topological polar surface area (TPSA) is 89.3 Å². The second kappa shape index (κ2) is 7.09. The van der Waals surface area contributed by atoms with E-state index in [4.69, 9.17) is 28.3 Å². The number of primary sulfonamides is 1. The van der Waals surface area contributed by atoms with Crippen molar-refractivity contribution in [3.8, 4) is 0 Å². The maximum atomic E-state index is 11.6. The molecule has 1 amide bonds. The van der Waals surface area contributed by atoms with Gasteiger partial charge in [0.15, 0.2) is 0 Å². The van der Waals surface area contributed by atoms with Crippen molar-refractivity contribution in [3.63, 3.8) is 0 Å². The van der Waals surface area contributed by atoms with Crippen LogP contribution in [-0.4, -0.2) is 20.2 Å². The number of hydrogen-bond donors (Lipinski definition) is 2. The molecule has 8 heteroatoms. The van der Waals surface area contributed by atoms with Crippen molar-refractivity contribution >= 4 is 44.8 Å². The summed E-state index contributed by atoms with van der Waals surface area (Å²) >= 11 is 11.4. The Morgan fingerprint density at radius 2 is 2.00 bits per heavy atom. The van der Waals surface area contributed by atoms with E-state index in [9.17, 15) is 13.2 Å². The van der Waals surface area contributed by atoms with Crippen molar-refractivity contribution in [1.29, 1.82) is 0 Å². The Morgan fingerprint density at radius 3 is 2.58 bits per heavy atom. The number of sulfonamides is 1. The number of halogens is 2. The van der Waals surface area contributed by atoms with E-state index in [1.54, 1.807) is 0 Å². The minimum atomic E-state index is -3.83. The zero-order valence-corrected chi connectivity index (χ0v) is 12.4. The van der Waals surface area contributed by atoms with E-state index in [0.717, 1.165) is 6.42 Å². The molecular formula is C11H14Cl2N2O3S. The third kappa shape index (κ3) is 5.36. The fraction of sp³-hybridized carbons (Fsp3) is 0.364. The quantitative estimate of drug-likeness (QED) is 0.621. The van der Waals surface area contributed by atoms with Crippen molar-refractivity contribution in [1.82, 2.24) is 0 Å². The SMILES string of the molecule is NS(=O)(=O)c1ccc(Cl)c(NC(=O)CCCCCl)c1. The first-order valence-electron chi connectivity index (χ1n) is 5.53. The smallest absolute Gasteiger partial charge is 0.238 e. The molecule has 0 spiro atoms. The van der Waals surface area contributed by atoms with Gasteiger partial charge in [-0.1, -0.05) is 11.6 Å². The molecular weight excluding hydrogens is 311 g/mol. The predicted octanol–water partition coefficient (Wildman–Crippen LogP) is 2.33. The van der Waals surface area contributed by atoms with Crippen LogP contribution in [0.15, 0.2) is 23.1 Å². The minimum absolute atomic E-state index is 0.104. The summed E-state index contributed by atoms with van der Waals surface area (Å²) in [6.45, 7) is 0. The number of unbranched alkanes of at least 4 members (excludes halogenated alkanes) is 1. The largest absolute Gasteiger partial charge is 0.325 e. The number of carbonyl (C=O) groups is 1. The van der Waals surface area contributed by atoms with Crippen LogP contribution in [0.4, 0.5) is 5.69 Å². The monoisotopic (exact) mass is 324 g/mol. The average Bonchev–Trinajstić information content (AvgIpc) is 2.31. The molecule has 1 aromatic carbocycles. The zero-order valence-electron chi connectivity index (χ0n) is 10.0. The van der Waals surface area contributed by atoms with Crippen molar-refractivity contribution in [2.24, 2.45) is 5.14 Å². The van der Waals surface area contributed by atoms with Crippen LogP contribution in [0.3, 0.4) is 0 Å². The number of benzene rings is 1. The van der Waals surface area contributed by atoms with E-state index in [-0.39, 0.29) is 21.5 Å². The number of rotatable bonds is 6. The van der Waals surface area contributed by atoms with E-state index in [1.807, 2.05) is 0 Å². The molecule has 0 aromatic heterocycles. The summed E-state index contributed by atoms with van der Waals surface area (Å²) in [4.78, 5) is 11.5. The maximum Gasteiger partial charge on any atom is 0.238 e. The Bertz CT molecular complexity index is 561. The van der Waals surface area contributed by atoms with Gasteiger partial charge in [-0.3, -0.25) is 4.79 Å². The van der Waals surface area contributed by atoms with Gasteiger partial charge < -0.3 is 5.32 Å². The van der Waals surface area contributed by atoms with Gasteiger partial charge >= 0.3 is 0 Å². The van der Waals surface area contributed by atoms with Gasteiger partial charge in [0, 0.05) is 12.3 Å². The summed E-state index contributed by atoms with van der Waals surface area (Å²) < 4.78 is 22.4. The lowest BCUT2D eigenvalue weighted by atomic mass is 10.2. The predicted molar refractivity (Wildman–Crippen MR) is 76.0 cm³/mol. The molecule has 0 saturated heterocycles. The highest BCUT2D eigenvalue weighted by Crippen LogP contribution is 2.25. The summed E-state index contributed by atoms with van der Waals surface area (Å²) in [5.74, 6) is 0.244. The Kier molecular flexibility index (Phi) is 6.06. The van der Waals surface area contributed by atoms with Crippen LogP contribution in [0, 0.1) is 0 Å². The molecule has 3 N–H and O–H groups in total. The highest BCUT2D eigenvalue weighted by atomic mass is 35.5. The second-order valence-electron chi connectivity index (χ2n) is 3.88. The Balaban J connectivity index is 2.80.